The third-order valence-corrected chi connectivity index (χ3v) is 3.22. The van der Waals surface area contributed by atoms with Gasteiger partial charge in [-0.2, -0.15) is 0 Å². The van der Waals surface area contributed by atoms with Crippen molar-refractivity contribution in [1.29, 1.82) is 0 Å². The van der Waals surface area contributed by atoms with Gasteiger partial charge in [-0.25, -0.2) is 4.79 Å². The average molecular weight is 320 g/mol. The molecule has 1 N–H and O–H groups in total. The highest BCUT2D eigenvalue weighted by molar-refractivity contribution is 6.31. The lowest BCUT2D eigenvalue weighted by atomic mass is 10.1. The number of esters is 1. The van der Waals surface area contributed by atoms with Crippen molar-refractivity contribution < 1.29 is 19.1 Å². The number of rotatable bonds is 4. The number of amides is 1. The molecule has 0 unspecified atom stereocenters. The van der Waals surface area contributed by atoms with Gasteiger partial charge in [0.15, 0.2) is 0 Å². The Morgan fingerprint density at radius 2 is 1.73 bits per heavy atom. The van der Waals surface area contributed by atoms with Crippen molar-refractivity contribution in [2.75, 3.05) is 19.5 Å². The number of anilines is 1. The zero-order chi connectivity index (χ0) is 16.1. The lowest BCUT2D eigenvalue weighted by molar-refractivity contribution is 0.0597. The van der Waals surface area contributed by atoms with E-state index >= 15 is 0 Å². The first-order valence-corrected chi connectivity index (χ1v) is 6.77. The van der Waals surface area contributed by atoms with E-state index in [2.05, 4.69) is 10.1 Å². The Morgan fingerprint density at radius 3 is 2.36 bits per heavy atom. The van der Waals surface area contributed by atoms with Crippen LogP contribution in [-0.2, 0) is 4.74 Å². The number of halogens is 1. The number of ether oxygens (including phenoxy) is 2. The first kappa shape index (κ1) is 15.9. The van der Waals surface area contributed by atoms with Gasteiger partial charge in [0.1, 0.15) is 5.75 Å². The molecule has 0 aromatic heterocycles. The Hall–Kier alpha value is -2.53. The maximum absolute atomic E-state index is 12.4. The van der Waals surface area contributed by atoms with Gasteiger partial charge in [-0.1, -0.05) is 23.7 Å². The molecule has 0 aliphatic carbocycles. The van der Waals surface area contributed by atoms with E-state index in [-0.39, 0.29) is 11.1 Å². The molecule has 0 heterocycles. The number of carbonyl (C=O) groups is 2. The minimum atomic E-state index is -0.580. The molecule has 2 rings (SSSR count). The standard InChI is InChI=1S/C16H14ClNO4/c1-21-14-8-7-10(17)9-13(14)18-15(19)11-5-3-4-6-12(11)16(20)22-2/h3-9H,1-2H3,(H,18,19). The molecule has 2 aromatic carbocycles. The van der Waals surface area contributed by atoms with E-state index in [1.807, 2.05) is 0 Å². The van der Waals surface area contributed by atoms with Crippen molar-refractivity contribution in [3.63, 3.8) is 0 Å². The van der Waals surface area contributed by atoms with E-state index in [0.29, 0.717) is 16.5 Å². The smallest absolute Gasteiger partial charge is 0.338 e. The summed E-state index contributed by atoms with van der Waals surface area (Å²) in [5, 5.41) is 3.14. The largest absolute Gasteiger partial charge is 0.495 e. The van der Waals surface area contributed by atoms with Gasteiger partial charge >= 0.3 is 5.97 Å². The fourth-order valence-electron chi connectivity index (χ4n) is 1.94. The number of carbonyl (C=O) groups excluding carboxylic acids is 2. The molecule has 114 valence electrons. The number of hydrogen-bond acceptors (Lipinski definition) is 4. The molecule has 1 amide bonds. The Balaban J connectivity index is 2.34. The molecule has 0 atom stereocenters. The second kappa shape index (κ2) is 6.95. The summed E-state index contributed by atoms with van der Waals surface area (Å²) in [6.07, 6.45) is 0. The molecule has 0 aliphatic heterocycles. The van der Waals surface area contributed by atoms with Gasteiger partial charge in [0.05, 0.1) is 31.0 Å². The molecule has 0 saturated carbocycles. The van der Waals surface area contributed by atoms with Crippen LogP contribution in [0, 0.1) is 0 Å². The second-order valence-electron chi connectivity index (χ2n) is 4.34. The summed E-state index contributed by atoms with van der Waals surface area (Å²) in [5.41, 5.74) is 0.805. The maximum atomic E-state index is 12.4. The lowest BCUT2D eigenvalue weighted by Crippen LogP contribution is -2.17. The summed E-state index contributed by atoms with van der Waals surface area (Å²) in [5.74, 6) is -0.571. The van der Waals surface area contributed by atoms with Crippen LogP contribution >= 0.6 is 11.6 Å². The average Bonchev–Trinajstić information content (AvgIpc) is 2.54. The SMILES string of the molecule is COC(=O)c1ccccc1C(=O)Nc1cc(Cl)ccc1OC. The van der Waals surface area contributed by atoms with Crippen molar-refractivity contribution in [3.05, 3.63) is 58.6 Å². The molecular weight excluding hydrogens is 306 g/mol. The molecule has 0 saturated heterocycles. The highest BCUT2D eigenvalue weighted by Gasteiger charge is 2.18. The zero-order valence-electron chi connectivity index (χ0n) is 12.1. The first-order chi connectivity index (χ1) is 10.6. The molecule has 0 spiro atoms. The van der Waals surface area contributed by atoms with Gasteiger partial charge in [-0.05, 0) is 30.3 Å². The van der Waals surface area contributed by atoms with Crippen LogP contribution in [0.3, 0.4) is 0 Å². The van der Waals surface area contributed by atoms with Crippen LogP contribution in [-0.4, -0.2) is 26.1 Å². The van der Waals surface area contributed by atoms with E-state index < -0.39 is 11.9 Å². The van der Waals surface area contributed by atoms with Gasteiger partial charge in [-0.3, -0.25) is 4.79 Å². The quantitative estimate of drug-likeness (QED) is 0.877. The predicted octanol–water partition coefficient (Wildman–Crippen LogP) is 3.39. The van der Waals surface area contributed by atoms with Crippen molar-refractivity contribution in [3.8, 4) is 5.75 Å². The number of hydrogen-bond donors (Lipinski definition) is 1. The van der Waals surface area contributed by atoms with Gasteiger partial charge in [0.2, 0.25) is 0 Å². The number of methoxy groups -OCH3 is 2. The summed E-state index contributed by atoms with van der Waals surface area (Å²) >= 11 is 5.93. The Morgan fingerprint density at radius 1 is 1.05 bits per heavy atom. The van der Waals surface area contributed by atoms with Crippen LogP contribution in [0.4, 0.5) is 5.69 Å². The van der Waals surface area contributed by atoms with Crippen LogP contribution in [0.1, 0.15) is 20.7 Å². The summed E-state index contributed by atoms with van der Waals surface area (Å²) in [6.45, 7) is 0. The molecule has 5 nitrogen and oxygen atoms in total. The molecule has 0 aliphatic rings. The van der Waals surface area contributed by atoms with Crippen molar-refractivity contribution in [2.45, 2.75) is 0 Å². The predicted molar refractivity (Wildman–Crippen MR) is 83.7 cm³/mol. The summed E-state index contributed by atoms with van der Waals surface area (Å²) in [6, 6.07) is 11.2. The van der Waals surface area contributed by atoms with Crippen molar-refractivity contribution in [2.24, 2.45) is 0 Å². The van der Waals surface area contributed by atoms with Crippen molar-refractivity contribution in [1.82, 2.24) is 0 Å². The van der Waals surface area contributed by atoms with Gasteiger partial charge in [0.25, 0.3) is 5.91 Å². The minimum absolute atomic E-state index is 0.184. The molecule has 6 heteroatoms. The van der Waals surface area contributed by atoms with Crippen LogP contribution in [0.5, 0.6) is 5.75 Å². The second-order valence-corrected chi connectivity index (χ2v) is 4.77. The van der Waals surface area contributed by atoms with E-state index in [9.17, 15) is 9.59 Å². The Labute approximate surface area is 132 Å². The molecule has 22 heavy (non-hydrogen) atoms. The van der Waals surface area contributed by atoms with E-state index in [0.717, 1.165) is 0 Å². The van der Waals surface area contributed by atoms with Crippen molar-refractivity contribution >= 4 is 29.2 Å². The molecule has 0 bridgehead atoms. The fourth-order valence-corrected chi connectivity index (χ4v) is 2.11. The first-order valence-electron chi connectivity index (χ1n) is 6.39. The molecule has 0 fully saturated rings. The van der Waals surface area contributed by atoms with Crippen LogP contribution in [0.15, 0.2) is 42.5 Å². The number of benzene rings is 2. The topological polar surface area (TPSA) is 64.6 Å². The number of nitrogens with one attached hydrogen (secondary N) is 1. The Kier molecular flexibility index (Phi) is 5.01. The third kappa shape index (κ3) is 3.38. The highest BCUT2D eigenvalue weighted by Crippen LogP contribution is 2.28. The summed E-state index contributed by atoms with van der Waals surface area (Å²) < 4.78 is 9.85. The van der Waals surface area contributed by atoms with Crippen LogP contribution in [0.25, 0.3) is 0 Å². The fraction of sp³-hybridized carbons (Fsp3) is 0.125. The Bertz CT molecular complexity index is 715. The maximum Gasteiger partial charge on any atom is 0.338 e. The van der Waals surface area contributed by atoms with Gasteiger partial charge in [0, 0.05) is 5.02 Å². The third-order valence-electron chi connectivity index (χ3n) is 2.99. The lowest BCUT2D eigenvalue weighted by Gasteiger charge is -2.12. The molecule has 2 aromatic rings. The molecule has 0 radical (unpaired) electrons. The highest BCUT2D eigenvalue weighted by atomic mass is 35.5. The van der Waals surface area contributed by atoms with Gasteiger partial charge in [-0.15, -0.1) is 0 Å². The van der Waals surface area contributed by atoms with E-state index in [4.69, 9.17) is 16.3 Å². The van der Waals surface area contributed by atoms with E-state index in [1.54, 1.807) is 36.4 Å². The minimum Gasteiger partial charge on any atom is -0.495 e. The summed E-state index contributed by atoms with van der Waals surface area (Å²) in [7, 11) is 2.75. The van der Waals surface area contributed by atoms with Gasteiger partial charge < -0.3 is 14.8 Å². The monoisotopic (exact) mass is 319 g/mol. The molecular formula is C16H14ClNO4. The summed E-state index contributed by atoms with van der Waals surface area (Å²) in [4.78, 5) is 24.1. The van der Waals surface area contributed by atoms with E-state index in [1.165, 1.54) is 20.3 Å². The normalized spacial score (nSPS) is 9.95. The van der Waals surface area contributed by atoms with Crippen LogP contribution in [0.2, 0.25) is 5.02 Å². The zero-order valence-corrected chi connectivity index (χ0v) is 12.8. The van der Waals surface area contributed by atoms with Crippen LogP contribution < -0.4 is 10.1 Å².